The van der Waals surface area contributed by atoms with Crippen molar-refractivity contribution in [2.24, 2.45) is 0 Å². The number of carbonyl (C=O) groups is 2. The number of hydrogen-bond donors (Lipinski definition) is 1. The van der Waals surface area contributed by atoms with E-state index in [0.717, 1.165) is 17.0 Å². The van der Waals surface area contributed by atoms with Gasteiger partial charge in [0.25, 0.3) is 11.7 Å². The molecule has 1 atom stereocenters. The Morgan fingerprint density at radius 3 is 2.55 bits per heavy atom. The molecule has 0 spiro atoms. The summed E-state index contributed by atoms with van der Waals surface area (Å²) >= 11 is 7.47. The molecule has 0 saturated carbocycles. The van der Waals surface area contributed by atoms with E-state index in [0.29, 0.717) is 10.6 Å². The number of aliphatic hydroxyl groups excluding tert-OH is 1. The van der Waals surface area contributed by atoms with Crippen molar-refractivity contribution in [3.63, 3.8) is 0 Å². The first-order valence-electron chi connectivity index (χ1n) is 8.97. The molecule has 2 heterocycles. The van der Waals surface area contributed by atoms with Crippen LogP contribution in [0.2, 0.25) is 5.02 Å². The molecule has 31 heavy (non-hydrogen) atoms. The van der Waals surface area contributed by atoms with Crippen molar-refractivity contribution in [3.8, 4) is 5.75 Å². The van der Waals surface area contributed by atoms with Gasteiger partial charge in [-0.25, -0.2) is 8.78 Å². The van der Waals surface area contributed by atoms with Crippen LogP contribution in [0.3, 0.4) is 0 Å². The van der Waals surface area contributed by atoms with Crippen LogP contribution in [0.25, 0.3) is 5.76 Å². The third-order valence-electron chi connectivity index (χ3n) is 4.87. The molecule has 1 fully saturated rings. The SMILES string of the molecule is COc1ccc(Cl)c(/C(O)=C2/C(=O)C(=O)N(c3ccc(F)c(F)c3)C2c2cccs2)c1. The number of nitrogens with zero attached hydrogens (tertiary/aromatic N) is 1. The third-order valence-corrected chi connectivity index (χ3v) is 6.12. The van der Waals surface area contributed by atoms with Crippen LogP contribution in [-0.2, 0) is 9.59 Å². The van der Waals surface area contributed by atoms with Gasteiger partial charge in [-0.2, -0.15) is 0 Å². The number of ether oxygens (including phenoxy) is 1. The molecule has 2 aromatic carbocycles. The van der Waals surface area contributed by atoms with E-state index in [1.165, 1.54) is 36.6 Å². The number of aliphatic hydroxyl groups is 1. The van der Waals surface area contributed by atoms with Crippen molar-refractivity contribution >= 4 is 46.1 Å². The monoisotopic (exact) mass is 461 g/mol. The number of benzene rings is 2. The van der Waals surface area contributed by atoms with Crippen molar-refractivity contribution < 1.29 is 28.2 Å². The summed E-state index contributed by atoms with van der Waals surface area (Å²) in [5, 5.41) is 12.9. The summed E-state index contributed by atoms with van der Waals surface area (Å²) in [6.45, 7) is 0. The highest BCUT2D eigenvalue weighted by atomic mass is 35.5. The zero-order valence-electron chi connectivity index (χ0n) is 15.9. The maximum atomic E-state index is 13.9. The van der Waals surface area contributed by atoms with Crippen LogP contribution < -0.4 is 9.64 Å². The molecule has 5 nitrogen and oxygen atoms in total. The summed E-state index contributed by atoms with van der Waals surface area (Å²) in [6.07, 6.45) is 0. The Hall–Kier alpha value is -3.23. The summed E-state index contributed by atoms with van der Waals surface area (Å²) in [5.41, 5.74) is -0.131. The molecule has 0 bridgehead atoms. The number of carbonyl (C=O) groups excluding carboxylic acids is 2. The molecule has 1 amide bonds. The quantitative estimate of drug-likeness (QED) is 0.324. The number of hydrogen-bond acceptors (Lipinski definition) is 5. The predicted molar refractivity (Wildman–Crippen MR) is 113 cm³/mol. The van der Waals surface area contributed by atoms with Gasteiger partial charge in [0, 0.05) is 22.2 Å². The number of methoxy groups -OCH3 is 1. The maximum absolute atomic E-state index is 13.9. The van der Waals surface area contributed by atoms with E-state index in [9.17, 15) is 23.5 Å². The second kappa shape index (κ2) is 8.13. The molecule has 1 aliphatic rings. The smallest absolute Gasteiger partial charge is 0.300 e. The number of halogens is 3. The van der Waals surface area contributed by atoms with Crippen LogP contribution in [0.5, 0.6) is 5.75 Å². The number of amides is 1. The standard InChI is InChI=1S/C22H14ClF2NO4S/c1-30-12-5-6-14(23)13(10-12)20(27)18-19(17-3-2-8-31-17)26(22(29)21(18)28)11-4-7-15(24)16(25)9-11/h2-10,19,27H,1H3/b20-18-. The van der Waals surface area contributed by atoms with E-state index in [1.54, 1.807) is 23.6 Å². The van der Waals surface area contributed by atoms with E-state index in [-0.39, 0.29) is 21.8 Å². The molecule has 1 aromatic heterocycles. The number of anilines is 1. The van der Waals surface area contributed by atoms with Gasteiger partial charge < -0.3 is 9.84 Å². The number of ketones is 1. The van der Waals surface area contributed by atoms with Crippen molar-refractivity contribution in [1.29, 1.82) is 0 Å². The minimum atomic E-state index is -1.17. The molecule has 9 heteroatoms. The topological polar surface area (TPSA) is 66.8 Å². The molecular weight excluding hydrogens is 448 g/mol. The molecular formula is C22H14ClF2NO4S. The van der Waals surface area contributed by atoms with Crippen LogP contribution in [0.4, 0.5) is 14.5 Å². The van der Waals surface area contributed by atoms with E-state index in [1.807, 2.05) is 0 Å². The lowest BCUT2D eigenvalue weighted by molar-refractivity contribution is -0.132. The Kier molecular flexibility index (Phi) is 5.51. The summed E-state index contributed by atoms with van der Waals surface area (Å²) in [6, 6.07) is 9.74. The molecule has 158 valence electrons. The third kappa shape index (κ3) is 3.58. The zero-order valence-corrected chi connectivity index (χ0v) is 17.5. The van der Waals surface area contributed by atoms with Gasteiger partial charge in [-0.05, 0) is 41.8 Å². The van der Waals surface area contributed by atoms with Crippen LogP contribution in [0.15, 0.2) is 59.5 Å². The zero-order chi connectivity index (χ0) is 22.3. The molecule has 1 unspecified atom stereocenters. The Balaban J connectivity index is 1.95. The molecule has 3 aromatic rings. The fraction of sp³-hybridized carbons (Fsp3) is 0.0909. The van der Waals surface area contributed by atoms with Crippen LogP contribution in [-0.4, -0.2) is 23.9 Å². The second-order valence-electron chi connectivity index (χ2n) is 6.63. The first-order chi connectivity index (χ1) is 14.8. The lowest BCUT2D eigenvalue weighted by Gasteiger charge is -2.24. The van der Waals surface area contributed by atoms with Crippen molar-refractivity contribution in [3.05, 3.63) is 86.6 Å². The van der Waals surface area contributed by atoms with Gasteiger partial charge in [0.1, 0.15) is 17.6 Å². The normalized spacial score (nSPS) is 17.9. The van der Waals surface area contributed by atoms with Gasteiger partial charge in [-0.1, -0.05) is 17.7 Å². The fourth-order valence-corrected chi connectivity index (χ4v) is 4.44. The predicted octanol–water partition coefficient (Wildman–Crippen LogP) is 5.31. The largest absolute Gasteiger partial charge is 0.507 e. The highest BCUT2D eigenvalue weighted by Crippen LogP contribution is 2.44. The van der Waals surface area contributed by atoms with Crippen molar-refractivity contribution in [2.75, 3.05) is 12.0 Å². The van der Waals surface area contributed by atoms with Gasteiger partial charge in [-0.3, -0.25) is 14.5 Å². The fourth-order valence-electron chi connectivity index (χ4n) is 3.41. The lowest BCUT2D eigenvalue weighted by atomic mass is 9.99. The Morgan fingerprint density at radius 1 is 1.13 bits per heavy atom. The highest BCUT2D eigenvalue weighted by molar-refractivity contribution is 7.10. The summed E-state index contributed by atoms with van der Waals surface area (Å²) in [4.78, 5) is 27.5. The summed E-state index contributed by atoms with van der Waals surface area (Å²) < 4.78 is 32.5. The Bertz CT molecular complexity index is 1230. The van der Waals surface area contributed by atoms with Gasteiger partial charge in [0.05, 0.1) is 17.7 Å². The second-order valence-corrected chi connectivity index (χ2v) is 8.02. The molecule has 0 radical (unpaired) electrons. The molecule has 1 aliphatic heterocycles. The first kappa shape index (κ1) is 21.0. The number of thiophene rings is 1. The van der Waals surface area contributed by atoms with Gasteiger partial charge in [0.15, 0.2) is 11.6 Å². The Morgan fingerprint density at radius 2 is 1.90 bits per heavy atom. The average Bonchev–Trinajstić information content (AvgIpc) is 3.37. The molecule has 0 aliphatic carbocycles. The molecule has 1 saturated heterocycles. The number of Topliss-reactive ketones (excluding diaryl/α,β-unsaturated/α-hetero) is 1. The van der Waals surface area contributed by atoms with Crippen LogP contribution >= 0.6 is 22.9 Å². The Labute approximate surface area is 184 Å². The van der Waals surface area contributed by atoms with E-state index >= 15 is 0 Å². The van der Waals surface area contributed by atoms with Crippen molar-refractivity contribution in [1.82, 2.24) is 0 Å². The van der Waals surface area contributed by atoms with Gasteiger partial charge in [-0.15, -0.1) is 11.3 Å². The lowest BCUT2D eigenvalue weighted by Crippen LogP contribution is -2.29. The first-order valence-corrected chi connectivity index (χ1v) is 10.2. The van der Waals surface area contributed by atoms with Crippen molar-refractivity contribution in [2.45, 2.75) is 6.04 Å². The minimum absolute atomic E-state index is 0.0183. The summed E-state index contributed by atoms with van der Waals surface area (Å²) in [5.74, 6) is -4.32. The summed E-state index contributed by atoms with van der Waals surface area (Å²) in [7, 11) is 1.43. The highest BCUT2D eigenvalue weighted by Gasteiger charge is 2.47. The molecule has 1 N–H and O–H groups in total. The molecule has 4 rings (SSSR count). The number of rotatable bonds is 4. The van der Waals surface area contributed by atoms with Crippen LogP contribution in [0, 0.1) is 11.6 Å². The minimum Gasteiger partial charge on any atom is -0.507 e. The maximum Gasteiger partial charge on any atom is 0.300 e. The van der Waals surface area contributed by atoms with E-state index in [4.69, 9.17) is 16.3 Å². The van der Waals surface area contributed by atoms with E-state index in [2.05, 4.69) is 0 Å². The van der Waals surface area contributed by atoms with Gasteiger partial charge >= 0.3 is 0 Å². The average molecular weight is 462 g/mol. The van der Waals surface area contributed by atoms with Crippen LogP contribution in [0.1, 0.15) is 16.5 Å². The van der Waals surface area contributed by atoms with E-state index < -0.39 is 35.1 Å². The van der Waals surface area contributed by atoms with Gasteiger partial charge in [0.2, 0.25) is 0 Å².